The largest absolute Gasteiger partial charge is 0.396 e. The van der Waals surface area contributed by atoms with Crippen LogP contribution in [-0.2, 0) is 6.42 Å². The number of aromatic nitrogens is 3. The first kappa shape index (κ1) is 14.9. The van der Waals surface area contributed by atoms with Crippen LogP contribution in [0.15, 0.2) is 30.5 Å². The molecule has 2 N–H and O–H groups in total. The summed E-state index contributed by atoms with van der Waals surface area (Å²) in [6, 6.07) is 6.38. The van der Waals surface area contributed by atoms with Crippen LogP contribution in [-0.4, -0.2) is 32.9 Å². The Hall–Kier alpha value is -1.99. The molecule has 0 aliphatic heterocycles. The second kappa shape index (κ2) is 6.41. The highest BCUT2D eigenvalue weighted by Crippen LogP contribution is 2.19. The molecular formula is C15H17FN4OS. The lowest BCUT2D eigenvalue weighted by Crippen LogP contribution is -2.20. The molecule has 0 bridgehead atoms. The van der Waals surface area contributed by atoms with Gasteiger partial charge in [0.25, 0.3) is 0 Å². The van der Waals surface area contributed by atoms with E-state index < -0.39 is 0 Å². The molecule has 2 aromatic heterocycles. The second-order valence-corrected chi connectivity index (χ2v) is 6.23. The smallest absolute Gasteiger partial charge is 0.214 e. The van der Waals surface area contributed by atoms with Crippen molar-refractivity contribution in [2.24, 2.45) is 5.92 Å². The highest BCUT2D eigenvalue weighted by atomic mass is 32.1. The van der Waals surface area contributed by atoms with E-state index in [0.717, 1.165) is 21.3 Å². The number of hydrogen-bond donors (Lipinski definition) is 2. The number of anilines is 1. The van der Waals surface area contributed by atoms with E-state index in [0.29, 0.717) is 13.0 Å². The maximum atomic E-state index is 12.9. The molecule has 3 aromatic rings. The molecule has 116 valence electrons. The molecule has 0 unspecified atom stereocenters. The summed E-state index contributed by atoms with van der Waals surface area (Å²) in [5.41, 5.74) is 1.95. The first-order valence-corrected chi connectivity index (χ1v) is 7.87. The molecule has 22 heavy (non-hydrogen) atoms. The highest BCUT2D eigenvalue weighted by Gasteiger charge is 2.11. The molecule has 0 aliphatic carbocycles. The lowest BCUT2D eigenvalue weighted by Gasteiger charge is -2.14. The molecule has 0 aliphatic rings. The number of aryl methyl sites for hydroxylation is 1. The summed E-state index contributed by atoms with van der Waals surface area (Å²) < 4.78 is 14.6. The van der Waals surface area contributed by atoms with Crippen LogP contribution >= 0.6 is 11.3 Å². The van der Waals surface area contributed by atoms with Gasteiger partial charge in [0.15, 0.2) is 0 Å². The first-order valence-electron chi connectivity index (χ1n) is 7.06. The number of benzene rings is 1. The van der Waals surface area contributed by atoms with Gasteiger partial charge in [-0.05, 0) is 31.0 Å². The van der Waals surface area contributed by atoms with Crippen molar-refractivity contribution in [2.75, 3.05) is 18.5 Å². The van der Waals surface area contributed by atoms with E-state index in [2.05, 4.69) is 15.4 Å². The van der Waals surface area contributed by atoms with Crippen molar-refractivity contribution in [3.63, 3.8) is 0 Å². The van der Waals surface area contributed by atoms with Gasteiger partial charge in [0.2, 0.25) is 10.1 Å². The Morgan fingerprint density at radius 1 is 1.36 bits per heavy atom. The van der Waals surface area contributed by atoms with Gasteiger partial charge >= 0.3 is 0 Å². The fourth-order valence-electron chi connectivity index (χ4n) is 2.27. The fraction of sp³-hybridized carbons (Fsp3) is 0.333. The Morgan fingerprint density at radius 2 is 2.14 bits per heavy atom. The molecule has 0 amide bonds. The van der Waals surface area contributed by atoms with Crippen LogP contribution in [0, 0.1) is 18.7 Å². The van der Waals surface area contributed by atoms with Crippen LogP contribution < -0.4 is 5.32 Å². The summed E-state index contributed by atoms with van der Waals surface area (Å²) in [5, 5.41) is 17.9. The van der Waals surface area contributed by atoms with Crippen LogP contribution in [0.3, 0.4) is 0 Å². The van der Waals surface area contributed by atoms with Crippen LogP contribution in [0.2, 0.25) is 0 Å². The van der Waals surface area contributed by atoms with Crippen LogP contribution in [0.5, 0.6) is 0 Å². The van der Waals surface area contributed by atoms with Crippen molar-refractivity contribution in [3.05, 3.63) is 47.5 Å². The zero-order valence-corrected chi connectivity index (χ0v) is 13.0. The van der Waals surface area contributed by atoms with Gasteiger partial charge < -0.3 is 10.4 Å². The van der Waals surface area contributed by atoms with Gasteiger partial charge in [-0.3, -0.25) is 0 Å². The molecule has 0 saturated heterocycles. The molecule has 0 fully saturated rings. The molecule has 7 heteroatoms. The van der Waals surface area contributed by atoms with Gasteiger partial charge in [-0.1, -0.05) is 23.5 Å². The van der Waals surface area contributed by atoms with Gasteiger partial charge in [0.05, 0.1) is 11.9 Å². The van der Waals surface area contributed by atoms with E-state index in [-0.39, 0.29) is 18.3 Å². The summed E-state index contributed by atoms with van der Waals surface area (Å²) >= 11 is 1.48. The third-order valence-corrected chi connectivity index (χ3v) is 4.28. The number of rotatable bonds is 6. The van der Waals surface area contributed by atoms with Gasteiger partial charge in [-0.15, -0.1) is 5.10 Å². The number of nitrogens with zero attached hydrogens (tertiary/aromatic N) is 3. The number of fused-ring (bicyclic) bond motifs is 1. The summed E-state index contributed by atoms with van der Waals surface area (Å²) in [5.74, 6) is -0.202. The van der Waals surface area contributed by atoms with Crippen LogP contribution in [0.1, 0.15) is 11.3 Å². The fourth-order valence-corrected chi connectivity index (χ4v) is 3.10. The standard InChI is InChI=1S/C15H17FN4OS/c1-10-8-20-15(18-10)22-14(19-20)17-7-12(9-21)6-11-2-4-13(16)5-3-11/h2-5,8,12,21H,6-7,9H2,1H3,(H,17,19)/t12-/m0/s1. The van der Waals surface area contributed by atoms with Gasteiger partial charge in [-0.25, -0.2) is 13.9 Å². The third-order valence-electron chi connectivity index (χ3n) is 3.40. The molecule has 0 saturated carbocycles. The van der Waals surface area contributed by atoms with E-state index in [1.165, 1.54) is 23.5 Å². The first-order chi connectivity index (χ1) is 10.6. The minimum atomic E-state index is -0.246. The van der Waals surface area contributed by atoms with Crippen molar-refractivity contribution in [2.45, 2.75) is 13.3 Å². The summed E-state index contributed by atoms with van der Waals surface area (Å²) in [4.78, 5) is 5.20. The average Bonchev–Trinajstić information content (AvgIpc) is 3.02. The van der Waals surface area contributed by atoms with E-state index in [1.54, 1.807) is 16.6 Å². The highest BCUT2D eigenvalue weighted by molar-refractivity contribution is 7.20. The average molecular weight is 320 g/mol. The minimum Gasteiger partial charge on any atom is -0.396 e. The number of nitrogens with one attached hydrogen (secondary N) is 1. The SMILES string of the molecule is Cc1cn2nc(NC[C@@H](CO)Cc3ccc(F)cc3)sc2n1. The molecule has 5 nitrogen and oxygen atoms in total. The minimum absolute atomic E-state index is 0.0448. The monoisotopic (exact) mass is 320 g/mol. The van der Waals surface area contributed by atoms with E-state index in [9.17, 15) is 9.50 Å². The Bertz CT molecular complexity index is 721. The predicted octanol–water partition coefficient (Wildman–Crippen LogP) is 2.50. The number of aliphatic hydroxyl groups excluding tert-OH is 1. The molecule has 2 heterocycles. The van der Waals surface area contributed by atoms with Crippen molar-refractivity contribution >= 4 is 21.4 Å². The number of aliphatic hydroxyl groups is 1. The molecule has 1 aromatic carbocycles. The topological polar surface area (TPSA) is 62.5 Å². The van der Waals surface area contributed by atoms with Gasteiger partial charge in [0.1, 0.15) is 5.82 Å². The van der Waals surface area contributed by atoms with Crippen LogP contribution in [0.4, 0.5) is 9.52 Å². The number of halogens is 1. The zero-order valence-electron chi connectivity index (χ0n) is 12.2. The Labute approximate surface area is 131 Å². The Morgan fingerprint density at radius 3 is 2.82 bits per heavy atom. The van der Waals surface area contributed by atoms with E-state index >= 15 is 0 Å². The Balaban J connectivity index is 1.60. The molecular weight excluding hydrogens is 303 g/mol. The molecule has 1 atom stereocenters. The summed E-state index contributed by atoms with van der Waals surface area (Å²) in [7, 11) is 0. The summed E-state index contributed by atoms with van der Waals surface area (Å²) in [6.45, 7) is 2.59. The van der Waals surface area contributed by atoms with Crippen LogP contribution in [0.25, 0.3) is 4.96 Å². The molecule has 0 radical (unpaired) electrons. The predicted molar refractivity (Wildman–Crippen MR) is 84.8 cm³/mol. The quantitative estimate of drug-likeness (QED) is 0.732. The third kappa shape index (κ3) is 3.42. The normalized spacial score (nSPS) is 12.7. The van der Waals surface area contributed by atoms with Gasteiger partial charge in [-0.2, -0.15) is 0 Å². The second-order valence-electron chi connectivity index (χ2n) is 5.28. The van der Waals surface area contributed by atoms with Crippen molar-refractivity contribution in [1.29, 1.82) is 0 Å². The van der Waals surface area contributed by atoms with Crippen molar-refractivity contribution in [1.82, 2.24) is 14.6 Å². The van der Waals surface area contributed by atoms with Gasteiger partial charge in [0, 0.05) is 19.1 Å². The van der Waals surface area contributed by atoms with Crippen molar-refractivity contribution in [3.8, 4) is 0 Å². The lowest BCUT2D eigenvalue weighted by atomic mass is 10.0. The number of imidazole rings is 1. The van der Waals surface area contributed by atoms with Crippen molar-refractivity contribution < 1.29 is 9.50 Å². The summed E-state index contributed by atoms with van der Waals surface area (Å²) in [6.07, 6.45) is 2.56. The maximum Gasteiger partial charge on any atom is 0.214 e. The molecule has 3 rings (SSSR count). The van der Waals surface area contributed by atoms with E-state index in [4.69, 9.17) is 0 Å². The number of hydrogen-bond acceptors (Lipinski definition) is 5. The lowest BCUT2D eigenvalue weighted by molar-refractivity contribution is 0.232. The van der Waals surface area contributed by atoms with E-state index in [1.807, 2.05) is 13.1 Å². The zero-order chi connectivity index (χ0) is 15.5. The maximum absolute atomic E-state index is 12.9. The molecule has 0 spiro atoms. The Kier molecular flexibility index (Phi) is 4.35.